The zero-order valence-electron chi connectivity index (χ0n) is 8.23. The molecular formula is C10H17ClN2O. The van der Waals surface area contributed by atoms with E-state index < -0.39 is 0 Å². The van der Waals surface area contributed by atoms with Crippen molar-refractivity contribution in [2.75, 3.05) is 18.9 Å². The quantitative estimate of drug-likeness (QED) is 0.666. The lowest BCUT2D eigenvalue weighted by atomic mass is 10.1. The van der Waals surface area contributed by atoms with E-state index in [0.717, 1.165) is 5.69 Å². The first-order valence-electron chi connectivity index (χ1n) is 4.43. The normalized spacial score (nSPS) is 11.9. The van der Waals surface area contributed by atoms with E-state index in [1.54, 1.807) is 0 Å². The summed E-state index contributed by atoms with van der Waals surface area (Å²) < 4.78 is 0. The third kappa shape index (κ3) is 3.96. The van der Waals surface area contributed by atoms with Gasteiger partial charge in [-0.25, -0.2) is 0 Å². The predicted molar refractivity (Wildman–Crippen MR) is 61.6 cm³/mol. The molecule has 0 radical (unpaired) electrons. The van der Waals surface area contributed by atoms with E-state index in [4.69, 9.17) is 10.8 Å². The maximum Gasteiger partial charge on any atom is 0.0556 e. The van der Waals surface area contributed by atoms with Crippen molar-refractivity contribution in [1.82, 2.24) is 5.32 Å². The molecule has 0 bridgehead atoms. The van der Waals surface area contributed by atoms with Crippen molar-refractivity contribution in [3.63, 3.8) is 0 Å². The maximum atomic E-state index is 8.62. The van der Waals surface area contributed by atoms with Crippen molar-refractivity contribution in [3.8, 4) is 0 Å². The minimum absolute atomic E-state index is 0. The Labute approximate surface area is 90.7 Å². The highest BCUT2D eigenvalue weighted by molar-refractivity contribution is 5.85. The van der Waals surface area contributed by atoms with Gasteiger partial charge in [0.2, 0.25) is 0 Å². The fourth-order valence-corrected chi connectivity index (χ4v) is 1.18. The third-order valence-electron chi connectivity index (χ3n) is 2.00. The Morgan fingerprint density at radius 2 is 1.93 bits per heavy atom. The maximum absolute atomic E-state index is 8.62. The van der Waals surface area contributed by atoms with Crippen molar-refractivity contribution in [3.05, 3.63) is 29.8 Å². The monoisotopic (exact) mass is 216 g/mol. The summed E-state index contributed by atoms with van der Waals surface area (Å²) in [7, 11) is 0. The highest BCUT2D eigenvalue weighted by atomic mass is 35.5. The topological polar surface area (TPSA) is 58.3 Å². The zero-order valence-corrected chi connectivity index (χ0v) is 9.05. The summed E-state index contributed by atoms with van der Waals surface area (Å²) in [5, 5.41) is 11.8. The van der Waals surface area contributed by atoms with Crippen LogP contribution >= 0.6 is 12.4 Å². The number of aliphatic hydroxyl groups excluding tert-OH is 1. The number of halogens is 1. The summed E-state index contributed by atoms with van der Waals surface area (Å²) in [5.74, 6) is 0. The van der Waals surface area contributed by atoms with Crippen LogP contribution < -0.4 is 11.1 Å². The van der Waals surface area contributed by atoms with E-state index in [1.165, 1.54) is 5.56 Å². The lowest BCUT2D eigenvalue weighted by Crippen LogP contribution is -2.21. The summed E-state index contributed by atoms with van der Waals surface area (Å²) >= 11 is 0. The summed E-state index contributed by atoms with van der Waals surface area (Å²) in [4.78, 5) is 0. The van der Waals surface area contributed by atoms with Gasteiger partial charge in [0, 0.05) is 18.3 Å². The first kappa shape index (κ1) is 13.2. The summed E-state index contributed by atoms with van der Waals surface area (Å²) in [6.07, 6.45) is 0. The number of rotatable bonds is 4. The van der Waals surface area contributed by atoms with Crippen LogP contribution in [0.5, 0.6) is 0 Å². The third-order valence-corrected chi connectivity index (χ3v) is 2.00. The Morgan fingerprint density at radius 3 is 2.43 bits per heavy atom. The van der Waals surface area contributed by atoms with E-state index >= 15 is 0 Å². The number of aliphatic hydroxyl groups is 1. The molecule has 1 unspecified atom stereocenters. The van der Waals surface area contributed by atoms with Crippen molar-refractivity contribution < 1.29 is 5.11 Å². The van der Waals surface area contributed by atoms with Gasteiger partial charge < -0.3 is 16.2 Å². The van der Waals surface area contributed by atoms with Gasteiger partial charge in [-0.3, -0.25) is 0 Å². The summed E-state index contributed by atoms with van der Waals surface area (Å²) in [6, 6.07) is 8.00. The van der Waals surface area contributed by atoms with Gasteiger partial charge in [-0.15, -0.1) is 12.4 Å². The van der Waals surface area contributed by atoms with E-state index in [1.807, 2.05) is 24.3 Å². The molecule has 1 atom stereocenters. The fraction of sp³-hybridized carbons (Fsp3) is 0.400. The van der Waals surface area contributed by atoms with Crippen LogP contribution in [0, 0.1) is 0 Å². The molecule has 0 spiro atoms. The lowest BCUT2D eigenvalue weighted by Gasteiger charge is -2.13. The van der Waals surface area contributed by atoms with E-state index in [9.17, 15) is 0 Å². The van der Waals surface area contributed by atoms with Crippen LogP contribution in [0.3, 0.4) is 0 Å². The molecule has 0 aliphatic rings. The standard InChI is InChI=1S/C10H16N2O.ClH/c1-8(12-6-7-13)9-2-4-10(11)5-3-9;/h2-5,8,12-13H,6-7,11H2,1H3;1H. The second kappa shape index (κ2) is 6.65. The van der Waals surface area contributed by atoms with Gasteiger partial charge in [0.25, 0.3) is 0 Å². The average Bonchev–Trinajstić information content (AvgIpc) is 2.15. The van der Waals surface area contributed by atoms with Gasteiger partial charge >= 0.3 is 0 Å². The predicted octanol–water partition coefficient (Wildman–Crippen LogP) is 1.33. The molecule has 1 aromatic rings. The number of nitrogens with one attached hydrogen (secondary N) is 1. The van der Waals surface area contributed by atoms with Crippen molar-refractivity contribution in [1.29, 1.82) is 0 Å². The molecular weight excluding hydrogens is 200 g/mol. The number of nitrogen functional groups attached to an aromatic ring is 1. The molecule has 0 aromatic heterocycles. The molecule has 1 rings (SSSR count). The molecule has 0 aliphatic heterocycles. The molecule has 1 aromatic carbocycles. The average molecular weight is 217 g/mol. The smallest absolute Gasteiger partial charge is 0.0556 e. The largest absolute Gasteiger partial charge is 0.399 e. The molecule has 0 fully saturated rings. The number of benzene rings is 1. The second-order valence-electron chi connectivity index (χ2n) is 3.07. The van der Waals surface area contributed by atoms with Crippen LogP contribution in [0.15, 0.2) is 24.3 Å². The van der Waals surface area contributed by atoms with Crippen LogP contribution in [0.25, 0.3) is 0 Å². The number of nitrogens with two attached hydrogens (primary N) is 1. The summed E-state index contributed by atoms with van der Waals surface area (Å²) in [6.45, 7) is 2.84. The Kier molecular flexibility index (Phi) is 6.28. The SMILES string of the molecule is CC(NCCO)c1ccc(N)cc1.Cl. The van der Waals surface area contributed by atoms with Gasteiger partial charge in [-0.05, 0) is 24.6 Å². The minimum atomic E-state index is 0. The van der Waals surface area contributed by atoms with Gasteiger partial charge in [-0.1, -0.05) is 12.1 Å². The van der Waals surface area contributed by atoms with E-state index in [0.29, 0.717) is 6.54 Å². The molecule has 0 saturated heterocycles. The first-order valence-corrected chi connectivity index (χ1v) is 4.43. The van der Waals surface area contributed by atoms with Crippen molar-refractivity contribution in [2.24, 2.45) is 0 Å². The van der Waals surface area contributed by atoms with Crippen LogP contribution in [-0.4, -0.2) is 18.3 Å². The second-order valence-corrected chi connectivity index (χ2v) is 3.07. The highest BCUT2D eigenvalue weighted by Crippen LogP contribution is 2.13. The molecule has 0 heterocycles. The zero-order chi connectivity index (χ0) is 9.68. The fourth-order valence-electron chi connectivity index (χ4n) is 1.18. The Bertz CT molecular complexity index is 251. The van der Waals surface area contributed by atoms with Crippen LogP contribution in [0.2, 0.25) is 0 Å². The lowest BCUT2D eigenvalue weighted by molar-refractivity contribution is 0.286. The summed E-state index contributed by atoms with van der Waals surface area (Å²) in [5.41, 5.74) is 7.53. The Balaban J connectivity index is 0.00000169. The van der Waals surface area contributed by atoms with Crippen molar-refractivity contribution in [2.45, 2.75) is 13.0 Å². The van der Waals surface area contributed by atoms with E-state index in [-0.39, 0.29) is 25.1 Å². The molecule has 14 heavy (non-hydrogen) atoms. The van der Waals surface area contributed by atoms with Gasteiger partial charge in [0.15, 0.2) is 0 Å². The van der Waals surface area contributed by atoms with Crippen LogP contribution in [-0.2, 0) is 0 Å². The number of hydrogen-bond acceptors (Lipinski definition) is 3. The van der Waals surface area contributed by atoms with Gasteiger partial charge in [0.1, 0.15) is 0 Å². The van der Waals surface area contributed by atoms with Gasteiger partial charge in [0.05, 0.1) is 6.61 Å². The molecule has 0 aliphatic carbocycles. The minimum Gasteiger partial charge on any atom is -0.399 e. The van der Waals surface area contributed by atoms with Crippen LogP contribution in [0.1, 0.15) is 18.5 Å². The first-order chi connectivity index (χ1) is 6.24. The molecule has 80 valence electrons. The molecule has 0 saturated carbocycles. The molecule has 4 N–H and O–H groups in total. The number of anilines is 1. The number of hydrogen-bond donors (Lipinski definition) is 3. The molecule has 4 heteroatoms. The Morgan fingerprint density at radius 1 is 1.36 bits per heavy atom. The highest BCUT2D eigenvalue weighted by Gasteiger charge is 2.02. The molecule has 3 nitrogen and oxygen atoms in total. The molecule has 0 amide bonds. The van der Waals surface area contributed by atoms with Crippen molar-refractivity contribution >= 4 is 18.1 Å². The van der Waals surface area contributed by atoms with Crippen LogP contribution in [0.4, 0.5) is 5.69 Å². The van der Waals surface area contributed by atoms with E-state index in [2.05, 4.69) is 12.2 Å². The Hall–Kier alpha value is -0.770. The van der Waals surface area contributed by atoms with Gasteiger partial charge in [-0.2, -0.15) is 0 Å².